The first-order valence-corrected chi connectivity index (χ1v) is 6.80. The predicted molar refractivity (Wildman–Crippen MR) is 82.5 cm³/mol. The zero-order valence-corrected chi connectivity index (χ0v) is 11.8. The maximum absolute atomic E-state index is 10.1. The van der Waals surface area contributed by atoms with Gasteiger partial charge in [0.1, 0.15) is 0 Å². The highest BCUT2D eigenvalue weighted by Crippen LogP contribution is 2.24. The highest BCUT2D eigenvalue weighted by Gasteiger charge is 2.16. The molecule has 2 aromatic heterocycles. The van der Waals surface area contributed by atoms with Crippen molar-refractivity contribution in [2.45, 2.75) is 6.54 Å². The number of nitrogen functional groups attached to an aromatic ring is 1. The van der Waals surface area contributed by atoms with Crippen molar-refractivity contribution in [1.82, 2.24) is 19.5 Å². The number of hydrogen-bond donors (Lipinski definition) is 4. The monoisotopic (exact) mass is 300 g/mol. The van der Waals surface area contributed by atoms with E-state index in [1.54, 1.807) is 4.57 Å². The van der Waals surface area contributed by atoms with Gasteiger partial charge in [0.2, 0.25) is 5.95 Å². The van der Waals surface area contributed by atoms with Crippen LogP contribution in [0, 0.1) is 0 Å². The van der Waals surface area contributed by atoms with E-state index >= 15 is 0 Å². The molecule has 3 aromatic rings. The van der Waals surface area contributed by atoms with Crippen LogP contribution in [0.25, 0.3) is 11.2 Å². The summed E-state index contributed by atoms with van der Waals surface area (Å²) in [5.74, 6) is 0.459. The fourth-order valence-corrected chi connectivity index (χ4v) is 2.17. The maximum Gasteiger partial charge on any atom is 0.296 e. The Bertz CT molecular complexity index is 787. The number of anilines is 2. The Morgan fingerprint density at radius 2 is 1.91 bits per heavy atom. The summed E-state index contributed by atoms with van der Waals surface area (Å²) in [6.07, 6.45) is 0. The van der Waals surface area contributed by atoms with E-state index in [1.165, 1.54) is 0 Å². The smallest absolute Gasteiger partial charge is 0.296 e. The topological polar surface area (TPSA) is 122 Å². The molecule has 0 aliphatic rings. The molecule has 0 radical (unpaired) electrons. The van der Waals surface area contributed by atoms with Crippen LogP contribution in [0.15, 0.2) is 30.3 Å². The first kappa shape index (κ1) is 14.1. The molecule has 2 heterocycles. The number of nitrogens with one attached hydrogen (secondary N) is 1. The first-order chi connectivity index (χ1) is 10.7. The molecule has 8 nitrogen and oxygen atoms in total. The van der Waals surface area contributed by atoms with Gasteiger partial charge in [-0.1, -0.05) is 30.3 Å². The third-order valence-electron chi connectivity index (χ3n) is 3.18. The Hall–Kier alpha value is -2.87. The van der Waals surface area contributed by atoms with Crippen molar-refractivity contribution in [3.8, 4) is 6.01 Å². The molecule has 0 spiro atoms. The van der Waals surface area contributed by atoms with Gasteiger partial charge in [-0.2, -0.15) is 15.0 Å². The molecule has 0 saturated carbocycles. The minimum absolute atomic E-state index is 0.0458. The highest BCUT2D eigenvalue weighted by atomic mass is 16.3. The van der Waals surface area contributed by atoms with E-state index in [0.29, 0.717) is 24.3 Å². The zero-order valence-electron chi connectivity index (χ0n) is 11.8. The number of aliphatic hydroxyl groups is 1. The summed E-state index contributed by atoms with van der Waals surface area (Å²) in [5.41, 5.74) is 7.65. The summed E-state index contributed by atoms with van der Waals surface area (Å²) in [6, 6.07) is 9.49. The van der Waals surface area contributed by atoms with Crippen LogP contribution in [0.1, 0.15) is 5.56 Å². The third kappa shape index (κ3) is 2.63. The molecule has 114 valence electrons. The van der Waals surface area contributed by atoms with Crippen molar-refractivity contribution in [3.63, 3.8) is 0 Å². The molecule has 0 saturated heterocycles. The molecule has 3 rings (SSSR count). The number of hydrogen-bond acceptors (Lipinski definition) is 7. The maximum atomic E-state index is 10.1. The Morgan fingerprint density at radius 1 is 1.14 bits per heavy atom. The Balaban J connectivity index is 2.05. The van der Waals surface area contributed by atoms with Gasteiger partial charge in [-0.15, -0.1) is 0 Å². The Morgan fingerprint density at radius 3 is 2.64 bits per heavy atom. The number of nitrogens with zero attached hydrogens (tertiary/aromatic N) is 4. The summed E-state index contributed by atoms with van der Waals surface area (Å²) in [6.45, 7) is 0.679. The molecule has 0 unspecified atom stereocenters. The van der Waals surface area contributed by atoms with E-state index in [4.69, 9.17) is 10.8 Å². The normalized spacial score (nSPS) is 11.0. The summed E-state index contributed by atoms with van der Waals surface area (Å²) in [4.78, 5) is 12.4. The van der Waals surface area contributed by atoms with Gasteiger partial charge in [-0.3, -0.25) is 4.57 Å². The quantitative estimate of drug-likeness (QED) is 0.543. The average Bonchev–Trinajstić information content (AvgIpc) is 2.83. The van der Waals surface area contributed by atoms with Crippen LogP contribution in [-0.2, 0) is 6.54 Å². The molecule has 0 atom stereocenters. The Kier molecular flexibility index (Phi) is 3.75. The van der Waals surface area contributed by atoms with E-state index < -0.39 is 0 Å². The molecule has 0 bridgehead atoms. The van der Waals surface area contributed by atoms with E-state index in [1.807, 2.05) is 30.3 Å². The van der Waals surface area contributed by atoms with Crippen LogP contribution >= 0.6 is 0 Å². The molecule has 8 heteroatoms. The zero-order chi connectivity index (χ0) is 15.5. The fourth-order valence-electron chi connectivity index (χ4n) is 2.17. The third-order valence-corrected chi connectivity index (χ3v) is 3.18. The number of aromatic hydroxyl groups is 1. The number of aromatic nitrogens is 4. The number of aliphatic hydroxyl groups excluding tert-OH is 1. The molecular weight excluding hydrogens is 284 g/mol. The van der Waals surface area contributed by atoms with Crippen LogP contribution < -0.4 is 11.1 Å². The fraction of sp³-hybridized carbons (Fsp3) is 0.214. The minimum Gasteiger partial charge on any atom is -0.480 e. The van der Waals surface area contributed by atoms with Crippen molar-refractivity contribution >= 4 is 22.9 Å². The van der Waals surface area contributed by atoms with Gasteiger partial charge in [0.15, 0.2) is 17.0 Å². The van der Waals surface area contributed by atoms with Crippen molar-refractivity contribution < 1.29 is 10.2 Å². The van der Waals surface area contributed by atoms with Gasteiger partial charge in [-0.05, 0) is 5.56 Å². The van der Waals surface area contributed by atoms with Gasteiger partial charge < -0.3 is 21.3 Å². The van der Waals surface area contributed by atoms with Gasteiger partial charge in [-0.25, -0.2) is 0 Å². The SMILES string of the molecule is Nc1nc(NCCO)nc2c1nc(O)n2Cc1ccccc1. The van der Waals surface area contributed by atoms with Crippen LogP contribution in [-0.4, -0.2) is 42.9 Å². The van der Waals surface area contributed by atoms with Crippen molar-refractivity contribution in [2.24, 2.45) is 0 Å². The molecule has 0 aliphatic carbocycles. The minimum atomic E-state index is -0.167. The van der Waals surface area contributed by atoms with Gasteiger partial charge >= 0.3 is 0 Å². The lowest BCUT2D eigenvalue weighted by Gasteiger charge is -2.07. The lowest BCUT2D eigenvalue weighted by atomic mass is 10.2. The van der Waals surface area contributed by atoms with E-state index in [9.17, 15) is 5.11 Å². The second kappa shape index (κ2) is 5.86. The van der Waals surface area contributed by atoms with Crippen molar-refractivity contribution in [2.75, 3.05) is 24.2 Å². The van der Waals surface area contributed by atoms with Crippen LogP contribution in [0.2, 0.25) is 0 Å². The summed E-state index contributed by atoms with van der Waals surface area (Å²) < 4.78 is 1.56. The molecule has 22 heavy (non-hydrogen) atoms. The predicted octanol–water partition coefficient (Wildman–Crippen LogP) is 0.567. The second-order valence-corrected chi connectivity index (χ2v) is 4.74. The number of imidazole rings is 1. The van der Waals surface area contributed by atoms with Crippen LogP contribution in [0.5, 0.6) is 6.01 Å². The van der Waals surface area contributed by atoms with E-state index in [0.717, 1.165) is 5.56 Å². The van der Waals surface area contributed by atoms with Gasteiger partial charge in [0.05, 0.1) is 13.2 Å². The number of benzene rings is 1. The molecule has 5 N–H and O–H groups in total. The Labute approximate surface area is 126 Å². The van der Waals surface area contributed by atoms with Crippen LogP contribution in [0.3, 0.4) is 0 Å². The largest absolute Gasteiger partial charge is 0.480 e. The lowest BCUT2D eigenvalue weighted by Crippen LogP contribution is -2.11. The number of fused-ring (bicyclic) bond motifs is 1. The van der Waals surface area contributed by atoms with Crippen molar-refractivity contribution in [3.05, 3.63) is 35.9 Å². The molecule has 1 aromatic carbocycles. The second-order valence-electron chi connectivity index (χ2n) is 4.74. The first-order valence-electron chi connectivity index (χ1n) is 6.80. The van der Waals surface area contributed by atoms with Crippen molar-refractivity contribution in [1.29, 1.82) is 0 Å². The van der Waals surface area contributed by atoms with Gasteiger partial charge in [0.25, 0.3) is 6.01 Å². The summed E-state index contributed by atoms with van der Waals surface area (Å²) >= 11 is 0. The van der Waals surface area contributed by atoms with E-state index in [2.05, 4.69) is 20.3 Å². The number of rotatable bonds is 5. The summed E-state index contributed by atoms with van der Waals surface area (Å²) in [7, 11) is 0. The van der Waals surface area contributed by atoms with Crippen LogP contribution in [0.4, 0.5) is 11.8 Å². The average molecular weight is 300 g/mol. The molecule has 0 fully saturated rings. The molecular formula is C14H16N6O2. The van der Waals surface area contributed by atoms with Gasteiger partial charge in [0, 0.05) is 6.54 Å². The molecule has 0 aliphatic heterocycles. The highest BCUT2D eigenvalue weighted by molar-refractivity contribution is 5.84. The lowest BCUT2D eigenvalue weighted by molar-refractivity contribution is 0.311. The molecule has 0 amide bonds. The number of nitrogens with two attached hydrogens (primary N) is 1. The standard InChI is InChI=1S/C14H16N6O2/c15-11-10-12(19-13(18-11)16-6-7-21)20(14(22)17-10)8-9-4-2-1-3-5-9/h1-5,21H,6-8H2,(H,17,22)(H3,15,16,18,19). The summed E-state index contributed by atoms with van der Waals surface area (Å²) in [5, 5.41) is 21.8. The van der Waals surface area contributed by atoms with E-state index in [-0.39, 0.29) is 24.4 Å².